The largest absolute Gasteiger partial charge is 0.494 e. The summed E-state index contributed by atoms with van der Waals surface area (Å²) in [5, 5.41) is 2.78. The predicted molar refractivity (Wildman–Crippen MR) is 107 cm³/mol. The highest BCUT2D eigenvalue weighted by Crippen LogP contribution is 2.16. The molecule has 0 bridgehead atoms. The van der Waals surface area contributed by atoms with Crippen molar-refractivity contribution in [3.8, 4) is 5.75 Å². The molecule has 1 saturated heterocycles. The second kappa shape index (κ2) is 9.71. The van der Waals surface area contributed by atoms with Gasteiger partial charge in [0.2, 0.25) is 0 Å². The van der Waals surface area contributed by atoms with Crippen LogP contribution in [-0.2, 0) is 9.53 Å². The third kappa shape index (κ3) is 5.20. The molecule has 0 aliphatic carbocycles. The van der Waals surface area contributed by atoms with Gasteiger partial charge in [0.15, 0.2) is 0 Å². The van der Waals surface area contributed by atoms with Crippen molar-refractivity contribution in [3.63, 3.8) is 0 Å². The molecule has 2 aromatic rings. The standard InChI is InChI=1S/C22H24N2O4/c1-2-28-19-10-8-17(9-11-19)16-20(22(26)24-12-14-27-15-13-24)23-21(25)18-6-4-3-5-7-18/h3-11,16H,2,12-15H2,1H3,(H,23,25)/b20-16-. The summed E-state index contributed by atoms with van der Waals surface area (Å²) in [6, 6.07) is 16.2. The zero-order valence-corrected chi connectivity index (χ0v) is 15.9. The van der Waals surface area contributed by atoms with Gasteiger partial charge in [-0.05, 0) is 42.8 Å². The summed E-state index contributed by atoms with van der Waals surface area (Å²) in [7, 11) is 0. The minimum atomic E-state index is -0.320. The van der Waals surface area contributed by atoms with Crippen LogP contribution in [-0.4, -0.2) is 49.6 Å². The van der Waals surface area contributed by atoms with Crippen LogP contribution in [0.5, 0.6) is 5.75 Å². The first-order valence-electron chi connectivity index (χ1n) is 9.35. The Balaban J connectivity index is 1.84. The smallest absolute Gasteiger partial charge is 0.270 e. The summed E-state index contributed by atoms with van der Waals surface area (Å²) in [6.07, 6.45) is 1.69. The molecule has 1 aliphatic heterocycles. The zero-order chi connectivity index (χ0) is 19.8. The molecule has 0 spiro atoms. The Labute approximate surface area is 164 Å². The summed E-state index contributed by atoms with van der Waals surface area (Å²) in [6.45, 7) is 4.50. The molecule has 6 heteroatoms. The maximum absolute atomic E-state index is 13.0. The lowest BCUT2D eigenvalue weighted by Crippen LogP contribution is -2.44. The predicted octanol–water partition coefficient (Wildman–Crippen LogP) is 2.72. The molecule has 0 aromatic heterocycles. The molecule has 0 radical (unpaired) electrons. The van der Waals surface area contributed by atoms with E-state index in [9.17, 15) is 9.59 Å². The van der Waals surface area contributed by atoms with Gasteiger partial charge < -0.3 is 19.7 Å². The number of nitrogens with zero attached hydrogens (tertiary/aromatic N) is 1. The molecule has 0 atom stereocenters. The van der Waals surface area contributed by atoms with E-state index in [2.05, 4.69) is 5.32 Å². The fourth-order valence-electron chi connectivity index (χ4n) is 2.87. The minimum absolute atomic E-state index is 0.221. The van der Waals surface area contributed by atoms with Gasteiger partial charge in [0.1, 0.15) is 11.4 Å². The van der Waals surface area contributed by atoms with Crippen LogP contribution >= 0.6 is 0 Å². The highest BCUT2D eigenvalue weighted by atomic mass is 16.5. The molecule has 146 valence electrons. The first kappa shape index (κ1) is 19.6. The van der Waals surface area contributed by atoms with Gasteiger partial charge in [0.05, 0.1) is 19.8 Å². The Hall–Kier alpha value is -3.12. The van der Waals surface area contributed by atoms with Crippen molar-refractivity contribution < 1.29 is 19.1 Å². The number of carbonyl (C=O) groups excluding carboxylic acids is 2. The zero-order valence-electron chi connectivity index (χ0n) is 15.9. The van der Waals surface area contributed by atoms with Crippen molar-refractivity contribution in [2.75, 3.05) is 32.9 Å². The average molecular weight is 380 g/mol. The summed E-state index contributed by atoms with van der Waals surface area (Å²) in [4.78, 5) is 27.3. The van der Waals surface area contributed by atoms with E-state index in [-0.39, 0.29) is 17.5 Å². The fraction of sp³-hybridized carbons (Fsp3) is 0.273. The number of hydrogen-bond donors (Lipinski definition) is 1. The maximum atomic E-state index is 13.0. The molecule has 1 N–H and O–H groups in total. The fourth-order valence-corrected chi connectivity index (χ4v) is 2.87. The molecule has 2 amide bonds. The van der Waals surface area contributed by atoms with Crippen LogP contribution in [0.15, 0.2) is 60.3 Å². The Kier molecular flexibility index (Phi) is 6.81. The second-order valence-electron chi connectivity index (χ2n) is 6.28. The van der Waals surface area contributed by atoms with Crippen LogP contribution < -0.4 is 10.1 Å². The number of amides is 2. The second-order valence-corrected chi connectivity index (χ2v) is 6.28. The number of benzene rings is 2. The first-order chi connectivity index (χ1) is 13.7. The summed E-state index contributed by atoms with van der Waals surface area (Å²) in [5.41, 5.74) is 1.53. The lowest BCUT2D eigenvalue weighted by Gasteiger charge is -2.27. The highest BCUT2D eigenvalue weighted by Gasteiger charge is 2.22. The first-order valence-corrected chi connectivity index (χ1v) is 9.35. The lowest BCUT2D eigenvalue weighted by atomic mass is 10.1. The van der Waals surface area contributed by atoms with Gasteiger partial charge in [-0.25, -0.2) is 0 Å². The summed E-state index contributed by atoms with van der Waals surface area (Å²) in [5.74, 6) is 0.217. The number of ether oxygens (including phenoxy) is 2. The van der Waals surface area contributed by atoms with Gasteiger partial charge >= 0.3 is 0 Å². The van der Waals surface area contributed by atoms with Gasteiger partial charge in [-0.15, -0.1) is 0 Å². The lowest BCUT2D eigenvalue weighted by molar-refractivity contribution is -0.131. The van der Waals surface area contributed by atoms with Crippen molar-refractivity contribution in [1.29, 1.82) is 0 Å². The molecular formula is C22H24N2O4. The Morgan fingerprint density at radius 1 is 1.07 bits per heavy atom. The molecule has 1 fully saturated rings. The molecule has 0 unspecified atom stereocenters. The number of nitrogens with one attached hydrogen (secondary N) is 1. The van der Waals surface area contributed by atoms with Crippen LogP contribution in [0.25, 0.3) is 6.08 Å². The molecular weight excluding hydrogens is 356 g/mol. The molecule has 28 heavy (non-hydrogen) atoms. The van der Waals surface area contributed by atoms with Gasteiger partial charge in [-0.2, -0.15) is 0 Å². The Morgan fingerprint density at radius 2 is 1.75 bits per heavy atom. The summed E-state index contributed by atoms with van der Waals surface area (Å²) < 4.78 is 10.8. The average Bonchev–Trinajstić information content (AvgIpc) is 2.75. The van der Waals surface area contributed by atoms with Crippen molar-refractivity contribution in [2.45, 2.75) is 6.92 Å². The van der Waals surface area contributed by atoms with Crippen LogP contribution in [0.4, 0.5) is 0 Å². The molecule has 1 aliphatic rings. The minimum Gasteiger partial charge on any atom is -0.494 e. The van der Waals surface area contributed by atoms with Crippen LogP contribution in [0.3, 0.4) is 0 Å². The molecule has 1 heterocycles. The van der Waals surface area contributed by atoms with Crippen molar-refractivity contribution in [1.82, 2.24) is 10.2 Å². The van der Waals surface area contributed by atoms with Gasteiger partial charge in [-0.3, -0.25) is 9.59 Å². The molecule has 3 rings (SSSR count). The van der Waals surface area contributed by atoms with Crippen LogP contribution in [0.2, 0.25) is 0 Å². The SMILES string of the molecule is CCOc1ccc(/C=C(\NC(=O)c2ccccc2)C(=O)N2CCOCC2)cc1. The third-order valence-corrected chi connectivity index (χ3v) is 4.31. The van der Waals surface area contributed by atoms with E-state index in [0.29, 0.717) is 38.5 Å². The van der Waals surface area contributed by atoms with Gasteiger partial charge in [0.25, 0.3) is 11.8 Å². The maximum Gasteiger partial charge on any atom is 0.270 e. The van der Waals surface area contributed by atoms with E-state index < -0.39 is 0 Å². The van der Waals surface area contributed by atoms with E-state index in [1.165, 1.54) is 0 Å². The van der Waals surface area contributed by atoms with Gasteiger partial charge in [0, 0.05) is 18.7 Å². The molecule has 0 saturated carbocycles. The van der Waals surface area contributed by atoms with Crippen molar-refractivity contribution >= 4 is 17.9 Å². The monoisotopic (exact) mass is 380 g/mol. The van der Waals surface area contributed by atoms with E-state index in [0.717, 1.165) is 11.3 Å². The van der Waals surface area contributed by atoms with E-state index >= 15 is 0 Å². The van der Waals surface area contributed by atoms with Gasteiger partial charge in [-0.1, -0.05) is 30.3 Å². The number of hydrogen-bond acceptors (Lipinski definition) is 4. The Bertz CT molecular complexity index is 825. The van der Waals surface area contributed by atoms with E-state index in [1.54, 1.807) is 35.2 Å². The summed E-state index contributed by atoms with van der Waals surface area (Å²) >= 11 is 0. The number of carbonyl (C=O) groups is 2. The third-order valence-electron chi connectivity index (χ3n) is 4.31. The van der Waals surface area contributed by atoms with E-state index in [1.807, 2.05) is 37.3 Å². The topological polar surface area (TPSA) is 67.9 Å². The Morgan fingerprint density at radius 3 is 2.39 bits per heavy atom. The van der Waals surface area contributed by atoms with Crippen LogP contribution in [0.1, 0.15) is 22.8 Å². The van der Waals surface area contributed by atoms with Crippen molar-refractivity contribution in [2.24, 2.45) is 0 Å². The molecule has 6 nitrogen and oxygen atoms in total. The number of rotatable bonds is 6. The molecule has 2 aromatic carbocycles. The normalized spacial score (nSPS) is 14.5. The van der Waals surface area contributed by atoms with Crippen molar-refractivity contribution in [3.05, 3.63) is 71.4 Å². The van der Waals surface area contributed by atoms with E-state index in [4.69, 9.17) is 9.47 Å². The highest BCUT2D eigenvalue weighted by molar-refractivity contribution is 6.05. The number of morpholine rings is 1. The van der Waals surface area contributed by atoms with Crippen LogP contribution in [0, 0.1) is 0 Å². The quantitative estimate of drug-likeness (QED) is 0.783.